The number of halogens is 1. The second kappa shape index (κ2) is 8.52. The fourth-order valence-electron chi connectivity index (χ4n) is 3.41. The molecule has 6 nitrogen and oxygen atoms in total. The molecule has 3 heterocycles. The highest BCUT2D eigenvalue weighted by Crippen LogP contribution is 2.28. The van der Waals surface area contributed by atoms with Gasteiger partial charge in [0, 0.05) is 30.4 Å². The highest BCUT2D eigenvalue weighted by atomic mass is 19.1. The second-order valence-corrected chi connectivity index (χ2v) is 6.76. The van der Waals surface area contributed by atoms with Crippen molar-refractivity contribution in [2.45, 2.75) is 38.8 Å². The van der Waals surface area contributed by atoms with Gasteiger partial charge in [0.05, 0.1) is 26.0 Å². The summed E-state index contributed by atoms with van der Waals surface area (Å²) in [4.78, 5) is 10.8. The van der Waals surface area contributed by atoms with Crippen molar-refractivity contribution in [1.29, 1.82) is 0 Å². The summed E-state index contributed by atoms with van der Waals surface area (Å²) in [7, 11) is 3.12. The molecule has 7 heteroatoms. The maximum atomic E-state index is 14.3. The Morgan fingerprint density at radius 1 is 1.15 bits per heavy atom. The summed E-state index contributed by atoms with van der Waals surface area (Å²) in [6.45, 7) is 5.44. The number of piperidine rings is 1. The van der Waals surface area contributed by atoms with Gasteiger partial charge in [0.15, 0.2) is 0 Å². The summed E-state index contributed by atoms with van der Waals surface area (Å²) < 4.78 is 30.8. The lowest BCUT2D eigenvalue weighted by Crippen LogP contribution is -2.42. The van der Waals surface area contributed by atoms with Gasteiger partial charge in [-0.1, -0.05) is 0 Å². The number of aryl methyl sites for hydroxylation is 1. The van der Waals surface area contributed by atoms with Crippen LogP contribution in [0.2, 0.25) is 0 Å². The van der Waals surface area contributed by atoms with Crippen molar-refractivity contribution in [3.8, 4) is 17.5 Å². The van der Waals surface area contributed by atoms with E-state index in [9.17, 15) is 4.39 Å². The van der Waals surface area contributed by atoms with Crippen LogP contribution in [0.5, 0.6) is 17.5 Å². The van der Waals surface area contributed by atoms with Crippen molar-refractivity contribution >= 4 is 0 Å². The van der Waals surface area contributed by atoms with Crippen LogP contribution in [-0.2, 0) is 0 Å². The van der Waals surface area contributed by atoms with Gasteiger partial charge in [0.2, 0.25) is 11.8 Å². The fraction of sp³-hybridized carbons (Fsp3) is 0.500. The van der Waals surface area contributed by atoms with E-state index in [1.54, 1.807) is 13.2 Å². The summed E-state index contributed by atoms with van der Waals surface area (Å²) in [5.74, 6) is 1.38. The Balaban J connectivity index is 1.71. The Hall–Kier alpha value is -2.41. The smallest absolute Gasteiger partial charge is 0.216 e. The molecule has 1 aliphatic heterocycles. The normalized spacial score (nSPS) is 18.8. The third-order valence-corrected chi connectivity index (χ3v) is 4.83. The predicted octanol–water partition coefficient (Wildman–Crippen LogP) is 3.55. The first-order valence-electron chi connectivity index (χ1n) is 9.14. The molecular weight excluding hydrogens is 349 g/mol. The van der Waals surface area contributed by atoms with E-state index in [2.05, 4.69) is 14.9 Å². The molecule has 27 heavy (non-hydrogen) atoms. The Labute approximate surface area is 159 Å². The molecule has 0 aromatic carbocycles. The number of aromatic nitrogens is 2. The Bertz CT molecular complexity index is 787. The van der Waals surface area contributed by atoms with Crippen LogP contribution in [0.3, 0.4) is 0 Å². The molecule has 0 amide bonds. The van der Waals surface area contributed by atoms with Gasteiger partial charge in [0.1, 0.15) is 17.7 Å². The molecule has 1 saturated heterocycles. The van der Waals surface area contributed by atoms with Crippen molar-refractivity contribution in [3.63, 3.8) is 0 Å². The van der Waals surface area contributed by atoms with Crippen molar-refractivity contribution in [2.75, 3.05) is 27.3 Å². The van der Waals surface area contributed by atoms with Crippen LogP contribution in [0.15, 0.2) is 24.3 Å². The van der Waals surface area contributed by atoms with Crippen LogP contribution in [0, 0.1) is 12.7 Å². The van der Waals surface area contributed by atoms with Crippen molar-refractivity contribution in [3.05, 3.63) is 41.5 Å². The Kier molecular flexibility index (Phi) is 6.11. The first-order valence-corrected chi connectivity index (χ1v) is 9.14. The average molecular weight is 375 g/mol. The number of ether oxygens (including phenoxy) is 3. The number of rotatable bonds is 6. The maximum absolute atomic E-state index is 14.3. The third-order valence-electron chi connectivity index (χ3n) is 4.83. The Morgan fingerprint density at radius 2 is 1.93 bits per heavy atom. The lowest BCUT2D eigenvalue weighted by molar-refractivity contribution is 0.0632. The molecule has 146 valence electrons. The molecule has 1 fully saturated rings. The SMILES string of the molecule is COc1cc(OC2CCCN(C(C)c3nc(OC)ccc3F)C2)cc(C)n1. The summed E-state index contributed by atoms with van der Waals surface area (Å²) in [5, 5.41) is 0. The molecule has 2 aromatic heterocycles. The van der Waals surface area contributed by atoms with E-state index in [4.69, 9.17) is 14.2 Å². The van der Waals surface area contributed by atoms with Crippen molar-refractivity contribution in [1.82, 2.24) is 14.9 Å². The van der Waals surface area contributed by atoms with Crippen LogP contribution in [0.25, 0.3) is 0 Å². The van der Waals surface area contributed by atoms with Gasteiger partial charge < -0.3 is 14.2 Å². The van der Waals surface area contributed by atoms with Gasteiger partial charge in [-0.05, 0) is 39.3 Å². The van der Waals surface area contributed by atoms with E-state index in [1.807, 2.05) is 19.9 Å². The van der Waals surface area contributed by atoms with Gasteiger partial charge in [-0.25, -0.2) is 14.4 Å². The van der Waals surface area contributed by atoms with Crippen molar-refractivity contribution < 1.29 is 18.6 Å². The zero-order valence-electron chi connectivity index (χ0n) is 16.2. The number of pyridine rings is 2. The quantitative estimate of drug-likeness (QED) is 0.770. The zero-order valence-corrected chi connectivity index (χ0v) is 16.2. The van der Waals surface area contributed by atoms with Gasteiger partial charge in [-0.15, -0.1) is 0 Å². The minimum Gasteiger partial charge on any atom is -0.489 e. The third kappa shape index (κ3) is 4.66. The first kappa shape index (κ1) is 19.4. The predicted molar refractivity (Wildman–Crippen MR) is 99.9 cm³/mol. The van der Waals surface area contributed by atoms with Crippen LogP contribution in [0.1, 0.15) is 37.2 Å². The summed E-state index contributed by atoms with van der Waals surface area (Å²) in [5.41, 5.74) is 1.24. The topological polar surface area (TPSA) is 56.7 Å². The van der Waals surface area contributed by atoms with Gasteiger partial charge in [-0.3, -0.25) is 4.90 Å². The fourth-order valence-corrected chi connectivity index (χ4v) is 3.41. The first-order chi connectivity index (χ1) is 13.0. The molecule has 1 aliphatic rings. The lowest BCUT2D eigenvalue weighted by atomic mass is 10.0. The van der Waals surface area contributed by atoms with Gasteiger partial charge in [0.25, 0.3) is 0 Å². The van der Waals surface area contributed by atoms with Crippen LogP contribution in [0.4, 0.5) is 4.39 Å². The number of methoxy groups -OCH3 is 2. The maximum Gasteiger partial charge on any atom is 0.216 e. The largest absolute Gasteiger partial charge is 0.489 e. The standard InChI is InChI=1S/C20H26FN3O3/c1-13-10-16(11-19(22-13)26-4)27-15-6-5-9-24(12-15)14(2)20-17(21)7-8-18(23-20)25-3/h7-8,10-11,14-15H,5-6,9,12H2,1-4H3. The molecular formula is C20H26FN3O3. The van der Waals surface area contributed by atoms with E-state index < -0.39 is 0 Å². The molecule has 3 rings (SSSR count). The Morgan fingerprint density at radius 3 is 2.67 bits per heavy atom. The monoisotopic (exact) mass is 375 g/mol. The summed E-state index contributed by atoms with van der Waals surface area (Å²) in [6.07, 6.45) is 1.93. The van der Waals surface area contributed by atoms with E-state index in [0.29, 0.717) is 24.0 Å². The van der Waals surface area contributed by atoms with E-state index >= 15 is 0 Å². The lowest BCUT2D eigenvalue weighted by Gasteiger charge is -2.36. The highest BCUT2D eigenvalue weighted by molar-refractivity contribution is 5.30. The van der Waals surface area contributed by atoms with Gasteiger partial charge >= 0.3 is 0 Å². The molecule has 0 spiro atoms. The van der Waals surface area contributed by atoms with E-state index in [1.165, 1.54) is 19.2 Å². The summed E-state index contributed by atoms with van der Waals surface area (Å²) in [6, 6.07) is 6.46. The van der Waals surface area contributed by atoms with Crippen LogP contribution >= 0.6 is 0 Å². The number of likely N-dealkylation sites (tertiary alicyclic amines) is 1. The number of hydrogen-bond donors (Lipinski definition) is 0. The highest BCUT2D eigenvalue weighted by Gasteiger charge is 2.28. The zero-order chi connectivity index (χ0) is 19.4. The number of hydrogen-bond acceptors (Lipinski definition) is 6. The molecule has 0 saturated carbocycles. The van der Waals surface area contributed by atoms with E-state index in [0.717, 1.165) is 30.8 Å². The molecule has 0 radical (unpaired) electrons. The van der Waals surface area contributed by atoms with Crippen molar-refractivity contribution in [2.24, 2.45) is 0 Å². The minimum atomic E-state index is -0.319. The minimum absolute atomic E-state index is 0.0152. The molecule has 2 unspecified atom stereocenters. The van der Waals surface area contributed by atoms with Crippen LogP contribution < -0.4 is 14.2 Å². The molecule has 2 aromatic rings. The molecule has 0 bridgehead atoms. The molecule has 0 aliphatic carbocycles. The average Bonchev–Trinajstić information content (AvgIpc) is 2.67. The summed E-state index contributed by atoms with van der Waals surface area (Å²) >= 11 is 0. The second-order valence-electron chi connectivity index (χ2n) is 6.76. The molecule has 2 atom stereocenters. The van der Waals surface area contributed by atoms with Gasteiger partial charge in [-0.2, -0.15) is 0 Å². The molecule has 0 N–H and O–H groups in total. The van der Waals surface area contributed by atoms with Crippen LogP contribution in [-0.4, -0.2) is 48.3 Å². The van der Waals surface area contributed by atoms with E-state index in [-0.39, 0.29) is 18.0 Å². The number of nitrogens with zero attached hydrogens (tertiary/aromatic N) is 3.